The largest absolute Gasteiger partial charge is 1.00 e. The summed E-state index contributed by atoms with van der Waals surface area (Å²) < 4.78 is 7.79. The first kappa shape index (κ1) is 16.3. The Bertz CT molecular complexity index is 845. The first-order chi connectivity index (χ1) is 10.1. The van der Waals surface area contributed by atoms with Crippen molar-refractivity contribution in [1.29, 1.82) is 0 Å². The van der Waals surface area contributed by atoms with Gasteiger partial charge in [-0.3, -0.25) is 10.1 Å². The van der Waals surface area contributed by atoms with Crippen LogP contribution in [0.15, 0.2) is 41.1 Å². The van der Waals surface area contributed by atoms with Crippen molar-refractivity contribution in [1.82, 2.24) is 4.98 Å². The molecule has 3 rings (SSSR count). The van der Waals surface area contributed by atoms with Crippen LogP contribution in [0, 0.1) is 17.0 Å². The number of halogens is 1. The molecule has 0 saturated heterocycles. The van der Waals surface area contributed by atoms with Crippen molar-refractivity contribution >= 4 is 16.8 Å². The third-order valence-electron chi connectivity index (χ3n) is 3.34. The van der Waals surface area contributed by atoms with Crippen molar-refractivity contribution in [2.45, 2.75) is 20.4 Å². The van der Waals surface area contributed by atoms with Crippen LogP contribution in [0.25, 0.3) is 22.6 Å². The lowest BCUT2D eigenvalue weighted by Gasteiger charge is -1.95. The van der Waals surface area contributed by atoms with Crippen LogP contribution in [0.4, 0.5) is 5.69 Å². The highest BCUT2D eigenvalue weighted by Crippen LogP contribution is 2.29. The Morgan fingerprint density at radius 3 is 2.86 bits per heavy atom. The van der Waals surface area contributed by atoms with Crippen LogP contribution in [-0.2, 0) is 6.54 Å². The number of pyridine rings is 1. The van der Waals surface area contributed by atoms with Crippen molar-refractivity contribution in [2.24, 2.45) is 0 Å². The average molecular weight is 411 g/mol. The number of hydrogen-bond donors (Lipinski definition) is 0. The summed E-state index contributed by atoms with van der Waals surface area (Å²) in [6.45, 7) is 4.67. The van der Waals surface area contributed by atoms with E-state index >= 15 is 0 Å². The monoisotopic (exact) mass is 411 g/mol. The van der Waals surface area contributed by atoms with Gasteiger partial charge in [-0.05, 0) is 19.9 Å². The topological polar surface area (TPSA) is 73.0 Å². The zero-order valence-corrected chi connectivity index (χ0v) is 14.3. The molecule has 0 N–H and O–H groups in total. The zero-order valence-electron chi connectivity index (χ0n) is 12.1. The highest BCUT2D eigenvalue weighted by atomic mass is 127. The third kappa shape index (κ3) is 2.94. The van der Waals surface area contributed by atoms with Crippen LogP contribution in [0.1, 0.15) is 12.5 Å². The van der Waals surface area contributed by atoms with E-state index in [4.69, 9.17) is 4.42 Å². The van der Waals surface area contributed by atoms with Gasteiger partial charge in [-0.25, -0.2) is 9.55 Å². The molecule has 0 aliphatic carbocycles. The van der Waals surface area contributed by atoms with E-state index in [-0.39, 0.29) is 29.7 Å². The number of benzene rings is 1. The number of aryl methyl sites for hydroxylation is 2. The van der Waals surface area contributed by atoms with Crippen molar-refractivity contribution in [3.63, 3.8) is 0 Å². The molecule has 0 spiro atoms. The molecule has 114 valence electrons. The summed E-state index contributed by atoms with van der Waals surface area (Å²) in [6, 6.07) is 6.75. The predicted octanol–water partition coefficient (Wildman–Crippen LogP) is 0.0228. The second-order valence-electron chi connectivity index (χ2n) is 4.81. The van der Waals surface area contributed by atoms with Gasteiger partial charge in [0.15, 0.2) is 18.0 Å². The van der Waals surface area contributed by atoms with Gasteiger partial charge in [0.05, 0.1) is 4.92 Å². The number of nitrogens with zero attached hydrogens (tertiary/aromatic N) is 3. The van der Waals surface area contributed by atoms with E-state index in [1.54, 1.807) is 6.92 Å². The van der Waals surface area contributed by atoms with Gasteiger partial charge in [0.25, 0.3) is 5.69 Å². The number of fused-ring (bicyclic) bond motifs is 1. The molecule has 1 aromatic carbocycles. The molecule has 0 saturated carbocycles. The summed E-state index contributed by atoms with van der Waals surface area (Å²) in [7, 11) is 0. The molecule has 6 nitrogen and oxygen atoms in total. The van der Waals surface area contributed by atoms with Crippen molar-refractivity contribution in [3.8, 4) is 11.5 Å². The summed E-state index contributed by atoms with van der Waals surface area (Å²) in [5, 5.41) is 10.9. The van der Waals surface area contributed by atoms with Crippen LogP contribution < -0.4 is 28.5 Å². The molecule has 0 unspecified atom stereocenters. The van der Waals surface area contributed by atoms with Gasteiger partial charge in [-0.2, -0.15) is 0 Å². The standard InChI is InChI=1S/C15H14N3O3.HI/c1-3-17-6-4-5-11(9-17)15-16-13-8-12(18(19)20)7-10(2)14(13)21-15;/h4-9H,3H2,1-2H3;1H/q+1;/p-1. The van der Waals surface area contributed by atoms with E-state index in [1.165, 1.54) is 12.1 Å². The number of nitro groups is 1. The lowest BCUT2D eigenvalue weighted by Crippen LogP contribution is -3.00. The maximum Gasteiger partial charge on any atom is 0.272 e. The fourth-order valence-electron chi connectivity index (χ4n) is 2.26. The SMILES string of the molecule is CC[n+]1cccc(-c2nc3cc([N+](=O)[O-])cc(C)c3o2)c1.[I-]. The molecule has 22 heavy (non-hydrogen) atoms. The second-order valence-corrected chi connectivity index (χ2v) is 4.81. The molecular weight excluding hydrogens is 397 g/mol. The van der Waals surface area contributed by atoms with Crippen LogP contribution in [-0.4, -0.2) is 9.91 Å². The Morgan fingerprint density at radius 2 is 2.18 bits per heavy atom. The van der Waals surface area contributed by atoms with Crippen LogP contribution in [0.5, 0.6) is 0 Å². The van der Waals surface area contributed by atoms with E-state index < -0.39 is 4.92 Å². The summed E-state index contributed by atoms with van der Waals surface area (Å²) in [5.74, 6) is 0.469. The zero-order chi connectivity index (χ0) is 15.0. The molecule has 0 radical (unpaired) electrons. The number of rotatable bonds is 3. The van der Waals surface area contributed by atoms with Gasteiger partial charge >= 0.3 is 0 Å². The van der Waals surface area contributed by atoms with Crippen LogP contribution in [0.3, 0.4) is 0 Å². The summed E-state index contributed by atoms with van der Waals surface area (Å²) in [4.78, 5) is 14.9. The first-order valence-corrected chi connectivity index (χ1v) is 6.63. The Hall–Kier alpha value is -2.03. The smallest absolute Gasteiger partial charge is 0.272 e. The lowest BCUT2D eigenvalue weighted by atomic mass is 10.2. The molecule has 7 heteroatoms. The molecule has 0 fully saturated rings. The van der Waals surface area contributed by atoms with E-state index in [1.807, 2.05) is 36.0 Å². The minimum Gasteiger partial charge on any atom is -1.00 e. The number of nitro benzene ring substituents is 1. The molecular formula is C15H14IN3O3. The van der Waals surface area contributed by atoms with Gasteiger partial charge in [0, 0.05) is 23.8 Å². The molecule has 3 aromatic rings. The van der Waals surface area contributed by atoms with Crippen molar-refractivity contribution < 1.29 is 37.9 Å². The normalized spacial score (nSPS) is 10.5. The van der Waals surface area contributed by atoms with Crippen LogP contribution in [0.2, 0.25) is 0 Å². The molecule has 2 heterocycles. The number of non-ortho nitro benzene ring substituents is 1. The van der Waals surface area contributed by atoms with Crippen LogP contribution >= 0.6 is 0 Å². The first-order valence-electron chi connectivity index (χ1n) is 6.63. The molecule has 0 aliphatic rings. The fourth-order valence-corrected chi connectivity index (χ4v) is 2.26. The quantitative estimate of drug-likeness (QED) is 0.264. The van der Waals surface area contributed by atoms with E-state index in [2.05, 4.69) is 4.98 Å². The van der Waals surface area contributed by atoms with E-state index in [9.17, 15) is 10.1 Å². The maximum atomic E-state index is 10.9. The maximum absolute atomic E-state index is 10.9. The summed E-state index contributed by atoms with van der Waals surface area (Å²) >= 11 is 0. The minimum atomic E-state index is -0.422. The van der Waals surface area contributed by atoms with Gasteiger partial charge in [0.1, 0.15) is 17.6 Å². The Morgan fingerprint density at radius 1 is 1.41 bits per heavy atom. The molecule has 0 bridgehead atoms. The molecule has 0 amide bonds. The minimum absolute atomic E-state index is 0. The summed E-state index contributed by atoms with van der Waals surface area (Å²) in [6.07, 6.45) is 3.90. The van der Waals surface area contributed by atoms with Gasteiger partial charge in [0.2, 0.25) is 5.89 Å². The Balaban J connectivity index is 0.00000176. The summed E-state index contributed by atoms with van der Waals surface area (Å²) in [5.41, 5.74) is 2.66. The van der Waals surface area contributed by atoms with E-state index in [0.717, 1.165) is 12.1 Å². The Kier molecular flexibility index (Phi) is 4.74. The number of aromatic nitrogens is 2. The number of hydrogen-bond acceptors (Lipinski definition) is 4. The third-order valence-corrected chi connectivity index (χ3v) is 3.34. The average Bonchev–Trinajstić information content (AvgIpc) is 2.92. The Labute approximate surface area is 144 Å². The highest BCUT2D eigenvalue weighted by Gasteiger charge is 2.17. The lowest BCUT2D eigenvalue weighted by molar-refractivity contribution is -0.693. The highest BCUT2D eigenvalue weighted by molar-refractivity contribution is 5.81. The van der Waals surface area contributed by atoms with Gasteiger partial charge < -0.3 is 28.4 Å². The van der Waals surface area contributed by atoms with Gasteiger partial charge in [-0.1, -0.05) is 0 Å². The molecule has 0 atom stereocenters. The number of oxazole rings is 1. The predicted molar refractivity (Wildman–Crippen MR) is 76.7 cm³/mol. The van der Waals surface area contributed by atoms with E-state index in [0.29, 0.717) is 22.6 Å². The second kappa shape index (κ2) is 6.39. The molecule has 2 aromatic heterocycles. The molecule has 0 aliphatic heterocycles. The fraction of sp³-hybridized carbons (Fsp3) is 0.200. The van der Waals surface area contributed by atoms with Gasteiger partial charge in [-0.15, -0.1) is 0 Å². The van der Waals surface area contributed by atoms with Crippen molar-refractivity contribution in [2.75, 3.05) is 0 Å². The van der Waals surface area contributed by atoms with Crippen molar-refractivity contribution in [3.05, 3.63) is 52.3 Å².